The van der Waals surface area contributed by atoms with Gasteiger partial charge in [-0.2, -0.15) is 0 Å². The fourth-order valence-corrected chi connectivity index (χ4v) is 2.30. The highest BCUT2D eigenvalue weighted by Crippen LogP contribution is 2.19. The third-order valence-electron chi connectivity index (χ3n) is 3.40. The SMILES string of the molecule is CCCC(C)(N)C(=O)NCCC1=CCCCC1. The fraction of sp³-hybridized carbons (Fsp3) is 0.786. The van der Waals surface area contributed by atoms with E-state index in [1.54, 1.807) is 0 Å². The van der Waals surface area contributed by atoms with Crippen LogP contribution in [0.4, 0.5) is 0 Å². The van der Waals surface area contributed by atoms with Crippen molar-refractivity contribution in [1.29, 1.82) is 0 Å². The summed E-state index contributed by atoms with van der Waals surface area (Å²) in [5.74, 6) is -0.0178. The lowest BCUT2D eigenvalue weighted by molar-refractivity contribution is -0.126. The van der Waals surface area contributed by atoms with Gasteiger partial charge in [-0.3, -0.25) is 4.79 Å². The topological polar surface area (TPSA) is 55.1 Å². The number of carbonyl (C=O) groups excluding carboxylic acids is 1. The van der Waals surface area contributed by atoms with Gasteiger partial charge in [0.25, 0.3) is 0 Å². The minimum absolute atomic E-state index is 0.0178. The molecule has 1 unspecified atom stereocenters. The second kappa shape index (κ2) is 6.80. The molecule has 0 fully saturated rings. The third-order valence-corrected chi connectivity index (χ3v) is 3.40. The molecule has 1 atom stereocenters. The fourth-order valence-electron chi connectivity index (χ4n) is 2.30. The van der Waals surface area contributed by atoms with E-state index < -0.39 is 5.54 Å². The van der Waals surface area contributed by atoms with E-state index in [1.807, 2.05) is 13.8 Å². The van der Waals surface area contributed by atoms with Gasteiger partial charge in [-0.15, -0.1) is 0 Å². The summed E-state index contributed by atoms with van der Waals surface area (Å²) in [5.41, 5.74) is 6.74. The maximum absolute atomic E-state index is 11.8. The van der Waals surface area contributed by atoms with E-state index in [4.69, 9.17) is 5.73 Å². The van der Waals surface area contributed by atoms with Gasteiger partial charge in [0, 0.05) is 6.54 Å². The van der Waals surface area contributed by atoms with Gasteiger partial charge in [-0.25, -0.2) is 0 Å². The minimum Gasteiger partial charge on any atom is -0.354 e. The zero-order chi connectivity index (χ0) is 12.7. The van der Waals surface area contributed by atoms with E-state index >= 15 is 0 Å². The first kappa shape index (κ1) is 14.2. The number of amides is 1. The summed E-state index contributed by atoms with van der Waals surface area (Å²) in [6.07, 6.45) is 9.99. The lowest BCUT2D eigenvalue weighted by Crippen LogP contribution is -2.51. The summed E-state index contributed by atoms with van der Waals surface area (Å²) >= 11 is 0. The van der Waals surface area contributed by atoms with Gasteiger partial charge >= 0.3 is 0 Å². The van der Waals surface area contributed by atoms with Crippen LogP contribution >= 0.6 is 0 Å². The molecule has 0 aromatic heterocycles. The molecule has 1 aliphatic carbocycles. The second-order valence-electron chi connectivity index (χ2n) is 5.28. The highest BCUT2D eigenvalue weighted by Gasteiger charge is 2.26. The molecule has 1 rings (SSSR count). The van der Waals surface area contributed by atoms with E-state index in [0.29, 0.717) is 0 Å². The van der Waals surface area contributed by atoms with Gasteiger partial charge in [0.15, 0.2) is 0 Å². The van der Waals surface area contributed by atoms with Gasteiger partial charge < -0.3 is 11.1 Å². The van der Waals surface area contributed by atoms with Gasteiger partial charge in [-0.05, 0) is 45.4 Å². The standard InChI is InChI=1S/C14H26N2O/c1-3-10-14(2,15)13(17)16-11-9-12-7-5-4-6-8-12/h7H,3-6,8-11,15H2,1-2H3,(H,16,17). The Balaban J connectivity index is 2.26. The normalized spacial score (nSPS) is 19.4. The number of nitrogens with one attached hydrogen (secondary N) is 1. The maximum Gasteiger partial charge on any atom is 0.239 e. The minimum atomic E-state index is -0.713. The van der Waals surface area contributed by atoms with Crippen LogP contribution in [0.25, 0.3) is 0 Å². The molecule has 3 heteroatoms. The molecular formula is C14H26N2O. The van der Waals surface area contributed by atoms with Crippen LogP contribution in [-0.4, -0.2) is 18.0 Å². The molecule has 1 amide bonds. The largest absolute Gasteiger partial charge is 0.354 e. The van der Waals surface area contributed by atoms with Gasteiger partial charge in [0.1, 0.15) is 0 Å². The van der Waals surface area contributed by atoms with E-state index in [2.05, 4.69) is 11.4 Å². The molecule has 0 aliphatic heterocycles. The molecule has 0 aromatic carbocycles. The summed E-state index contributed by atoms with van der Waals surface area (Å²) in [6, 6.07) is 0. The summed E-state index contributed by atoms with van der Waals surface area (Å²) in [7, 11) is 0. The van der Waals surface area contributed by atoms with Gasteiger partial charge in [-0.1, -0.05) is 25.0 Å². The summed E-state index contributed by atoms with van der Waals surface area (Å²) in [6.45, 7) is 4.58. The van der Waals surface area contributed by atoms with Crippen molar-refractivity contribution >= 4 is 5.91 Å². The van der Waals surface area contributed by atoms with Crippen molar-refractivity contribution < 1.29 is 4.79 Å². The molecule has 3 N–H and O–H groups in total. The monoisotopic (exact) mass is 238 g/mol. The quantitative estimate of drug-likeness (QED) is 0.699. The smallest absolute Gasteiger partial charge is 0.239 e. The molecular weight excluding hydrogens is 212 g/mol. The average molecular weight is 238 g/mol. The van der Waals surface area contributed by atoms with Crippen LogP contribution in [-0.2, 0) is 4.79 Å². The van der Waals surface area contributed by atoms with Crippen molar-refractivity contribution in [3.8, 4) is 0 Å². The van der Waals surface area contributed by atoms with Crippen molar-refractivity contribution in [1.82, 2.24) is 5.32 Å². The van der Waals surface area contributed by atoms with Crippen molar-refractivity contribution in [2.75, 3.05) is 6.54 Å². The van der Waals surface area contributed by atoms with E-state index in [0.717, 1.165) is 25.8 Å². The van der Waals surface area contributed by atoms with Crippen LogP contribution in [0.5, 0.6) is 0 Å². The molecule has 17 heavy (non-hydrogen) atoms. The molecule has 0 saturated heterocycles. The van der Waals surface area contributed by atoms with Crippen molar-refractivity contribution in [2.45, 2.75) is 64.3 Å². The Morgan fingerprint density at radius 3 is 2.88 bits per heavy atom. The molecule has 98 valence electrons. The number of rotatable bonds is 6. The number of nitrogens with two attached hydrogens (primary N) is 1. The molecule has 0 saturated carbocycles. The first-order valence-corrected chi connectivity index (χ1v) is 6.81. The van der Waals surface area contributed by atoms with Crippen LogP contribution in [0.3, 0.4) is 0 Å². The van der Waals surface area contributed by atoms with Crippen molar-refractivity contribution in [3.63, 3.8) is 0 Å². The predicted octanol–water partition coefficient (Wildman–Crippen LogP) is 2.51. The van der Waals surface area contributed by atoms with Gasteiger partial charge in [0.2, 0.25) is 5.91 Å². The van der Waals surface area contributed by atoms with E-state index in [1.165, 1.54) is 31.3 Å². The Labute approximate surface area is 105 Å². The molecule has 0 radical (unpaired) electrons. The molecule has 0 bridgehead atoms. The zero-order valence-corrected chi connectivity index (χ0v) is 11.2. The van der Waals surface area contributed by atoms with Crippen LogP contribution in [0.1, 0.15) is 58.8 Å². The van der Waals surface area contributed by atoms with Crippen LogP contribution in [0, 0.1) is 0 Å². The number of carbonyl (C=O) groups is 1. The maximum atomic E-state index is 11.8. The third kappa shape index (κ3) is 4.90. The zero-order valence-electron chi connectivity index (χ0n) is 11.2. The van der Waals surface area contributed by atoms with Crippen molar-refractivity contribution in [3.05, 3.63) is 11.6 Å². The first-order valence-electron chi connectivity index (χ1n) is 6.81. The lowest BCUT2D eigenvalue weighted by atomic mass is 9.95. The first-order chi connectivity index (χ1) is 8.06. The molecule has 0 aromatic rings. The van der Waals surface area contributed by atoms with E-state index in [-0.39, 0.29) is 5.91 Å². The average Bonchev–Trinajstić information content (AvgIpc) is 2.30. The second-order valence-corrected chi connectivity index (χ2v) is 5.28. The van der Waals surface area contributed by atoms with Crippen LogP contribution in [0.15, 0.2) is 11.6 Å². The Kier molecular flexibility index (Phi) is 5.69. The Hall–Kier alpha value is -0.830. The highest BCUT2D eigenvalue weighted by atomic mass is 16.2. The van der Waals surface area contributed by atoms with E-state index in [9.17, 15) is 4.79 Å². The number of hydrogen-bond donors (Lipinski definition) is 2. The Bertz CT molecular complexity index is 282. The highest BCUT2D eigenvalue weighted by molar-refractivity contribution is 5.85. The Morgan fingerprint density at radius 2 is 2.29 bits per heavy atom. The number of allylic oxidation sites excluding steroid dienone is 1. The summed E-state index contributed by atoms with van der Waals surface area (Å²) in [4.78, 5) is 11.8. The summed E-state index contributed by atoms with van der Waals surface area (Å²) in [5, 5.41) is 2.95. The molecule has 3 nitrogen and oxygen atoms in total. The van der Waals surface area contributed by atoms with Crippen molar-refractivity contribution in [2.24, 2.45) is 5.73 Å². The number of hydrogen-bond acceptors (Lipinski definition) is 2. The lowest BCUT2D eigenvalue weighted by Gasteiger charge is -2.23. The molecule has 0 spiro atoms. The Morgan fingerprint density at radius 1 is 1.53 bits per heavy atom. The molecule has 0 heterocycles. The summed E-state index contributed by atoms with van der Waals surface area (Å²) < 4.78 is 0. The van der Waals surface area contributed by atoms with Crippen LogP contribution in [0.2, 0.25) is 0 Å². The predicted molar refractivity (Wildman–Crippen MR) is 71.7 cm³/mol. The van der Waals surface area contributed by atoms with Gasteiger partial charge in [0.05, 0.1) is 5.54 Å². The molecule has 1 aliphatic rings. The van der Waals surface area contributed by atoms with Crippen LogP contribution < -0.4 is 11.1 Å².